The van der Waals surface area contributed by atoms with Crippen LogP contribution in [0.15, 0.2) is 188 Å². The molecule has 56 heavy (non-hydrogen) atoms. The van der Waals surface area contributed by atoms with Crippen LogP contribution in [0.1, 0.15) is 18.9 Å². The zero-order chi connectivity index (χ0) is 37.2. The summed E-state index contributed by atoms with van der Waals surface area (Å²) in [5.74, 6) is 0.537. The van der Waals surface area contributed by atoms with Gasteiger partial charge in [-0.05, 0) is 100 Å². The lowest BCUT2D eigenvalue weighted by molar-refractivity contribution is 0.749. The molecule has 1 atom stereocenters. The number of benzene rings is 8. The van der Waals surface area contributed by atoms with Gasteiger partial charge in [-0.1, -0.05) is 140 Å². The second kappa shape index (κ2) is 13.3. The smallest absolute Gasteiger partial charge is 0.0634 e. The van der Waals surface area contributed by atoms with Gasteiger partial charge < -0.3 is 9.88 Å². The third kappa shape index (κ3) is 5.46. The van der Waals surface area contributed by atoms with Crippen molar-refractivity contribution in [3.05, 3.63) is 194 Å². The van der Waals surface area contributed by atoms with Crippen LogP contribution in [0, 0.1) is 5.92 Å². The number of aromatic nitrogens is 1. The molecule has 2 aromatic heterocycles. The van der Waals surface area contributed by atoms with E-state index in [1.165, 1.54) is 91.8 Å². The standard InChI is InChI=1S/C53H38N2S/c1-34-12-8-15-36(30-34)38-17-10-19-41(32-38)55-49-28-26-39(33-46(49)44-27-29-51-52(53(44)55)45-22-5-7-25-50(45)56-51)37-16-9-18-40(31-37)43-21-4-6-23-47(43)54-48-24-11-14-35-13-2-3-20-42(35)48/h2-29,31-34,54H,30H2,1H3. The molecular weight excluding hydrogens is 697 g/mol. The van der Waals surface area contributed by atoms with Crippen molar-refractivity contribution in [2.24, 2.45) is 5.92 Å². The molecule has 2 heterocycles. The highest BCUT2D eigenvalue weighted by Crippen LogP contribution is 2.44. The molecule has 0 aliphatic heterocycles. The van der Waals surface area contributed by atoms with Gasteiger partial charge >= 0.3 is 0 Å². The third-order valence-corrected chi connectivity index (χ3v) is 12.7. The Morgan fingerprint density at radius 1 is 0.554 bits per heavy atom. The van der Waals surface area contributed by atoms with Crippen LogP contribution in [0.4, 0.5) is 11.4 Å². The van der Waals surface area contributed by atoms with Crippen LogP contribution in [0.3, 0.4) is 0 Å². The Balaban J connectivity index is 1.07. The molecule has 0 fully saturated rings. The predicted molar refractivity (Wildman–Crippen MR) is 243 cm³/mol. The van der Waals surface area contributed by atoms with Gasteiger partial charge in [0.15, 0.2) is 0 Å². The third-order valence-electron chi connectivity index (χ3n) is 11.5. The minimum atomic E-state index is 0.537. The summed E-state index contributed by atoms with van der Waals surface area (Å²) in [6.45, 7) is 2.30. The van der Waals surface area contributed by atoms with E-state index in [9.17, 15) is 0 Å². The molecule has 0 saturated heterocycles. The Bertz CT molecular complexity index is 3220. The van der Waals surface area contributed by atoms with E-state index in [-0.39, 0.29) is 0 Å². The first-order valence-electron chi connectivity index (χ1n) is 19.5. The largest absolute Gasteiger partial charge is 0.355 e. The van der Waals surface area contributed by atoms with Gasteiger partial charge in [-0.25, -0.2) is 0 Å². The molecule has 0 bridgehead atoms. The lowest BCUT2D eigenvalue weighted by atomic mass is 9.91. The molecule has 1 aliphatic carbocycles. The Labute approximate surface area is 330 Å². The molecule has 1 unspecified atom stereocenters. The minimum Gasteiger partial charge on any atom is -0.355 e. The first-order valence-corrected chi connectivity index (χ1v) is 20.3. The molecule has 2 nitrogen and oxygen atoms in total. The van der Waals surface area contributed by atoms with E-state index in [0.717, 1.165) is 17.8 Å². The Morgan fingerprint density at radius 3 is 2.25 bits per heavy atom. The summed E-state index contributed by atoms with van der Waals surface area (Å²) < 4.78 is 5.16. The van der Waals surface area contributed by atoms with Crippen LogP contribution >= 0.6 is 11.3 Å². The van der Waals surface area contributed by atoms with Crippen molar-refractivity contribution in [2.75, 3.05) is 5.32 Å². The molecule has 266 valence electrons. The van der Waals surface area contributed by atoms with Crippen molar-refractivity contribution in [1.82, 2.24) is 4.57 Å². The quantitative estimate of drug-likeness (QED) is 0.180. The Hall–Kier alpha value is -6.68. The summed E-state index contributed by atoms with van der Waals surface area (Å²) >= 11 is 1.88. The average molecular weight is 735 g/mol. The van der Waals surface area contributed by atoms with Crippen LogP contribution in [-0.4, -0.2) is 4.57 Å². The first kappa shape index (κ1) is 32.7. The van der Waals surface area contributed by atoms with Crippen molar-refractivity contribution in [1.29, 1.82) is 0 Å². The minimum absolute atomic E-state index is 0.537. The molecule has 0 spiro atoms. The second-order valence-corrected chi connectivity index (χ2v) is 16.2. The maximum absolute atomic E-state index is 3.78. The molecular formula is C53H38N2S. The van der Waals surface area contributed by atoms with Crippen molar-refractivity contribution in [3.63, 3.8) is 0 Å². The van der Waals surface area contributed by atoms with Crippen LogP contribution in [0.5, 0.6) is 0 Å². The first-order chi connectivity index (χ1) is 27.7. The van der Waals surface area contributed by atoms with E-state index in [2.05, 4.69) is 205 Å². The SMILES string of the molecule is CC1C=CC=C(c2cccc(-n3c4ccc(-c5cccc(-c6ccccc6Nc6cccc7ccccc67)c5)cc4c4ccc5sc6ccccc6c5c43)c2)C1. The molecule has 0 amide bonds. The number of nitrogens with zero attached hydrogens (tertiary/aromatic N) is 1. The van der Waals surface area contributed by atoms with Crippen molar-refractivity contribution >= 4 is 81.0 Å². The Kier molecular flexibility index (Phi) is 7.75. The topological polar surface area (TPSA) is 17.0 Å². The zero-order valence-electron chi connectivity index (χ0n) is 31.0. The van der Waals surface area contributed by atoms with Gasteiger partial charge in [-0.15, -0.1) is 11.3 Å². The molecule has 0 radical (unpaired) electrons. The monoisotopic (exact) mass is 734 g/mol. The van der Waals surface area contributed by atoms with Gasteiger partial charge in [0.2, 0.25) is 0 Å². The fourth-order valence-electron chi connectivity index (χ4n) is 8.86. The van der Waals surface area contributed by atoms with Gasteiger partial charge in [0.05, 0.1) is 11.0 Å². The summed E-state index contributed by atoms with van der Waals surface area (Å²) in [7, 11) is 0. The van der Waals surface area contributed by atoms with E-state index in [1.807, 2.05) is 11.3 Å². The molecule has 0 saturated carbocycles. The zero-order valence-corrected chi connectivity index (χ0v) is 31.9. The molecule has 1 N–H and O–H groups in total. The number of allylic oxidation sites excluding steroid dienone is 4. The molecule has 1 aliphatic rings. The fraction of sp³-hybridized carbons (Fsp3) is 0.0566. The maximum Gasteiger partial charge on any atom is 0.0634 e. The predicted octanol–water partition coefficient (Wildman–Crippen LogP) is 15.4. The summed E-state index contributed by atoms with van der Waals surface area (Å²) in [6.07, 6.45) is 7.86. The van der Waals surface area contributed by atoms with E-state index >= 15 is 0 Å². The van der Waals surface area contributed by atoms with Crippen LogP contribution in [0.25, 0.3) is 86.3 Å². The highest BCUT2D eigenvalue weighted by atomic mass is 32.1. The van der Waals surface area contributed by atoms with E-state index in [4.69, 9.17) is 0 Å². The second-order valence-electron chi connectivity index (χ2n) is 15.1. The number of anilines is 2. The van der Waals surface area contributed by atoms with Crippen LogP contribution in [-0.2, 0) is 0 Å². The van der Waals surface area contributed by atoms with Gasteiger partial charge in [0.1, 0.15) is 0 Å². The van der Waals surface area contributed by atoms with Crippen molar-refractivity contribution in [3.8, 4) is 27.9 Å². The normalized spacial score (nSPS) is 14.3. The maximum atomic E-state index is 3.78. The summed E-state index contributed by atoms with van der Waals surface area (Å²) in [5.41, 5.74) is 13.3. The number of nitrogens with one attached hydrogen (secondary N) is 1. The fourth-order valence-corrected chi connectivity index (χ4v) is 9.96. The van der Waals surface area contributed by atoms with Gasteiger partial charge in [0.25, 0.3) is 0 Å². The Morgan fingerprint density at radius 2 is 1.30 bits per heavy atom. The number of rotatable bonds is 6. The molecule has 11 rings (SSSR count). The molecule has 3 heteroatoms. The number of fused-ring (bicyclic) bond motifs is 8. The van der Waals surface area contributed by atoms with E-state index in [1.54, 1.807) is 0 Å². The highest BCUT2D eigenvalue weighted by molar-refractivity contribution is 7.26. The lowest BCUT2D eigenvalue weighted by Gasteiger charge is -2.17. The van der Waals surface area contributed by atoms with Crippen molar-refractivity contribution in [2.45, 2.75) is 13.3 Å². The van der Waals surface area contributed by atoms with E-state index in [0.29, 0.717) is 5.92 Å². The molecule has 10 aromatic rings. The highest BCUT2D eigenvalue weighted by Gasteiger charge is 2.20. The number of thiophene rings is 1. The van der Waals surface area contributed by atoms with Crippen LogP contribution < -0.4 is 5.32 Å². The summed E-state index contributed by atoms with van der Waals surface area (Å²) in [5, 5.41) is 11.4. The van der Waals surface area contributed by atoms with Gasteiger partial charge in [0, 0.05) is 59.0 Å². The number of para-hydroxylation sites is 1. The lowest BCUT2D eigenvalue weighted by Crippen LogP contribution is -1.99. The average Bonchev–Trinajstić information content (AvgIpc) is 3.79. The molecule has 8 aromatic carbocycles. The number of hydrogen-bond acceptors (Lipinski definition) is 2. The van der Waals surface area contributed by atoms with E-state index < -0.39 is 0 Å². The van der Waals surface area contributed by atoms with Gasteiger partial charge in [-0.2, -0.15) is 0 Å². The van der Waals surface area contributed by atoms with Gasteiger partial charge in [-0.3, -0.25) is 0 Å². The van der Waals surface area contributed by atoms with Crippen LogP contribution in [0.2, 0.25) is 0 Å². The number of hydrogen-bond donors (Lipinski definition) is 1. The summed E-state index contributed by atoms with van der Waals surface area (Å²) in [6, 6.07) is 62.4. The van der Waals surface area contributed by atoms with Crippen molar-refractivity contribution < 1.29 is 0 Å². The summed E-state index contributed by atoms with van der Waals surface area (Å²) in [4.78, 5) is 0.